The Balaban J connectivity index is -0.0000000397. The van der Waals surface area contributed by atoms with Crippen LogP contribution in [0.15, 0.2) is 0 Å². The first-order valence-corrected chi connectivity index (χ1v) is 7.30. The molecule has 12 heavy (non-hydrogen) atoms. The summed E-state index contributed by atoms with van der Waals surface area (Å²) < 4.78 is 0. The summed E-state index contributed by atoms with van der Waals surface area (Å²) in [5, 5.41) is 3.11. The minimum atomic E-state index is 0.722. The summed E-state index contributed by atoms with van der Waals surface area (Å²) in [7, 11) is 5.11. The molecule has 1 N–H and O–H groups in total. The molecule has 0 amide bonds. The molecule has 0 aliphatic rings. The van der Waals surface area contributed by atoms with Gasteiger partial charge in [-0.25, -0.2) is 0 Å². The Kier molecular flexibility index (Phi) is 109. The maximum absolute atomic E-state index is 5.00. The highest BCUT2D eigenvalue weighted by Gasteiger charge is 1.62. The van der Waals surface area contributed by atoms with Gasteiger partial charge in [-0.2, -0.15) is 0 Å². The average molecular weight is 266 g/mol. The third-order valence-corrected chi connectivity index (χ3v) is 0.500. The molecule has 0 bridgehead atoms. The van der Waals surface area contributed by atoms with Gasteiger partial charge in [-0.1, -0.05) is 44.4 Å². The first-order chi connectivity index (χ1) is 5.83. The van der Waals surface area contributed by atoms with E-state index in [2.05, 4.69) is 58.8 Å². The van der Waals surface area contributed by atoms with Crippen LogP contribution < -0.4 is 5.32 Å². The topological polar surface area (TPSA) is 12.0 Å². The highest BCUT2D eigenvalue weighted by molar-refractivity contribution is 7.89. The number of hydrogen-bond donors (Lipinski definition) is 1. The van der Waals surface area contributed by atoms with E-state index in [0.29, 0.717) is 0 Å². The summed E-state index contributed by atoms with van der Waals surface area (Å²) in [6, 6.07) is 0. The van der Waals surface area contributed by atoms with E-state index in [9.17, 15) is 0 Å². The number of halogens is 1. The Hall–Kier alpha value is 1.29. The predicted molar refractivity (Wildman–Crippen MR) is 72.0 cm³/mol. The van der Waals surface area contributed by atoms with Gasteiger partial charge in [0, 0.05) is 5.88 Å². The smallest absolute Gasteiger partial charge is 0.0195 e. The quantitative estimate of drug-likeness (QED) is 0.609. The molecule has 0 saturated heterocycles. The number of nitrogens with one attached hydrogen (secondary N) is 1. The Morgan fingerprint density at radius 1 is 1.00 bits per heavy atom. The minimum absolute atomic E-state index is 0.722. The molecule has 1 nitrogen and oxygen atoms in total. The Morgan fingerprint density at radius 2 is 1.17 bits per heavy atom. The monoisotopic (exact) mass is 265 g/mol. The number of alkyl halides is 1. The molecule has 0 saturated carbocycles. The van der Waals surface area contributed by atoms with Crippen molar-refractivity contribution in [1.29, 1.82) is 0 Å². The molecule has 0 unspecified atom stereocenters. The van der Waals surface area contributed by atoms with Crippen molar-refractivity contribution in [2.45, 2.75) is 20.8 Å². The summed E-state index contributed by atoms with van der Waals surface area (Å²) in [6.07, 6.45) is 0. The zero-order valence-electron chi connectivity index (χ0n) is 7.82. The van der Waals surface area contributed by atoms with E-state index in [4.69, 9.17) is 11.6 Å². The molecular weight excluding hydrogens is 248 g/mol. The first kappa shape index (κ1) is 23.3. The Bertz CT molecular complexity index is 50.5. The van der Waals surface area contributed by atoms with E-state index in [1.54, 1.807) is 0 Å². The fourth-order valence-corrected chi connectivity index (χ4v) is 0.250. The van der Waals surface area contributed by atoms with Crippen molar-refractivity contribution in [3.05, 3.63) is 0 Å². The lowest BCUT2D eigenvalue weighted by molar-refractivity contribution is 0.762. The van der Waals surface area contributed by atoms with Crippen LogP contribution in [0.1, 0.15) is 20.8 Å². The van der Waals surface area contributed by atoms with Crippen LogP contribution in [0.4, 0.5) is 0 Å². The molecule has 0 atom stereocenters. The van der Waals surface area contributed by atoms with Crippen LogP contribution in [-0.2, 0) is 23.6 Å². The van der Waals surface area contributed by atoms with E-state index >= 15 is 0 Å². The second-order valence-corrected chi connectivity index (χ2v) is 1.76. The third kappa shape index (κ3) is 110. The fourth-order valence-electron chi connectivity index (χ4n) is 0.250. The van der Waals surface area contributed by atoms with Crippen molar-refractivity contribution in [3.63, 3.8) is 0 Å². The lowest BCUT2D eigenvalue weighted by Crippen LogP contribution is -2.09. The number of rotatable bonds is 2. The van der Waals surface area contributed by atoms with Crippen molar-refractivity contribution >= 4 is 51.2 Å². The lowest BCUT2D eigenvalue weighted by Gasteiger charge is -1.86. The van der Waals surface area contributed by atoms with Crippen molar-refractivity contribution in [2.24, 2.45) is 0 Å². The maximum Gasteiger partial charge on any atom is 0.0195 e. The van der Waals surface area contributed by atoms with Gasteiger partial charge < -0.3 is 5.32 Å². The molecular formula is C6H18ClNP2S2. The van der Waals surface area contributed by atoms with Gasteiger partial charge in [0.2, 0.25) is 0 Å². The summed E-state index contributed by atoms with van der Waals surface area (Å²) in [5.74, 6) is 0.722. The van der Waals surface area contributed by atoms with Crippen molar-refractivity contribution in [1.82, 2.24) is 5.32 Å². The van der Waals surface area contributed by atoms with E-state index < -0.39 is 0 Å². The standard InChI is InChI=1S/C4H11N.C2H5Cl.2HPS/c1-3-5-4-2;1-2-3;2*1-2/h5H,3-4H2,1-2H3;2H2,1H3;2*1H. The van der Waals surface area contributed by atoms with Gasteiger partial charge in [-0.3, -0.25) is 0 Å². The molecule has 0 aromatic heterocycles. The SMILES string of the molecule is CCCl.CCNCC.P=S.P=S. The van der Waals surface area contributed by atoms with E-state index in [-0.39, 0.29) is 0 Å². The number of hydrogen-bond acceptors (Lipinski definition) is 3. The molecule has 0 fully saturated rings. The molecule has 0 aliphatic heterocycles. The predicted octanol–water partition coefficient (Wildman–Crippen LogP) is 3.04. The highest BCUT2D eigenvalue weighted by atomic mass is 35.5. The highest BCUT2D eigenvalue weighted by Crippen LogP contribution is 1.59. The largest absolute Gasteiger partial charge is 0.317 e. The van der Waals surface area contributed by atoms with Crippen LogP contribution in [0.3, 0.4) is 0 Å². The molecule has 0 spiro atoms. The van der Waals surface area contributed by atoms with Crippen LogP contribution in [0.25, 0.3) is 0 Å². The van der Waals surface area contributed by atoms with E-state index in [1.807, 2.05) is 6.92 Å². The van der Waals surface area contributed by atoms with Crippen molar-refractivity contribution in [2.75, 3.05) is 19.0 Å². The van der Waals surface area contributed by atoms with Crippen LogP contribution in [0.2, 0.25) is 0 Å². The molecule has 0 aromatic carbocycles. The van der Waals surface area contributed by atoms with Gasteiger partial charge >= 0.3 is 0 Å². The fraction of sp³-hybridized carbons (Fsp3) is 1.00. The van der Waals surface area contributed by atoms with Gasteiger partial charge in [-0.05, 0) is 29.1 Å². The molecule has 6 heteroatoms. The van der Waals surface area contributed by atoms with Gasteiger partial charge in [0.25, 0.3) is 0 Å². The van der Waals surface area contributed by atoms with Gasteiger partial charge in [0.05, 0.1) is 0 Å². The molecule has 0 aromatic rings. The van der Waals surface area contributed by atoms with E-state index in [0.717, 1.165) is 19.0 Å². The molecule has 0 radical (unpaired) electrons. The van der Waals surface area contributed by atoms with Crippen LogP contribution in [-0.4, -0.2) is 19.0 Å². The summed E-state index contributed by atoms with van der Waals surface area (Å²) in [5.41, 5.74) is 0. The van der Waals surface area contributed by atoms with Crippen molar-refractivity contribution in [3.8, 4) is 0 Å². The first-order valence-electron chi connectivity index (χ1n) is 3.50. The average Bonchev–Trinajstić information content (AvgIpc) is 2.14. The third-order valence-electron chi connectivity index (χ3n) is 0.500. The second-order valence-electron chi connectivity index (χ2n) is 1.22. The second kappa shape index (κ2) is 56.0. The summed E-state index contributed by atoms with van der Waals surface area (Å²) >= 11 is 12.8. The Labute approximate surface area is 96.2 Å². The van der Waals surface area contributed by atoms with Gasteiger partial charge in [0.15, 0.2) is 0 Å². The normalized spacial score (nSPS) is 5.67. The van der Waals surface area contributed by atoms with Crippen LogP contribution >= 0.6 is 27.6 Å². The maximum atomic E-state index is 5.00. The minimum Gasteiger partial charge on any atom is -0.317 e. The summed E-state index contributed by atoms with van der Waals surface area (Å²) in [6.45, 7) is 8.28. The summed E-state index contributed by atoms with van der Waals surface area (Å²) in [4.78, 5) is 0. The van der Waals surface area contributed by atoms with Crippen LogP contribution in [0.5, 0.6) is 0 Å². The van der Waals surface area contributed by atoms with Gasteiger partial charge in [-0.15, -0.1) is 11.6 Å². The zero-order valence-corrected chi connectivity index (χ0v) is 12.2. The molecule has 0 heterocycles. The van der Waals surface area contributed by atoms with Crippen molar-refractivity contribution < 1.29 is 0 Å². The van der Waals surface area contributed by atoms with E-state index in [1.165, 1.54) is 0 Å². The lowest BCUT2D eigenvalue weighted by atomic mass is 10.7. The van der Waals surface area contributed by atoms with Gasteiger partial charge in [0.1, 0.15) is 0 Å². The molecule has 0 aliphatic carbocycles. The molecule has 0 rings (SSSR count). The Morgan fingerprint density at radius 3 is 1.17 bits per heavy atom. The molecule has 76 valence electrons. The zero-order chi connectivity index (χ0) is 10.8. The van der Waals surface area contributed by atoms with Crippen LogP contribution in [0, 0.1) is 0 Å².